The van der Waals surface area contributed by atoms with Crippen LogP contribution in [0.15, 0.2) is 42.9 Å². The first-order valence-corrected chi connectivity index (χ1v) is 8.36. The fraction of sp³-hybridized carbons (Fsp3) is 0.333. The number of aromatic nitrogens is 3. The first-order chi connectivity index (χ1) is 11.9. The van der Waals surface area contributed by atoms with Crippen molar-refractivity contribution in [3.8, 4) is 5.75 Å². The Morgan fingerprint density at radius 1 is 1.04 bits per heavy atom. The number of aromatic amines is 1. The molecule has 1 aliphatic rings. The summed E-state index contributed by atoms with van der Waals surface area (Å²) in [5, 5.41) is 1.08. The highest BCUT2D eigenvalue weighted by Crippen LogP contribution is 2.30. The second kappa shape index (κ2) is 6.39. The van der Waals surface area contributed by atoms with Crippen molar-refractivity contribution in [1.82, 2.24) is 15.0 Å². The largest absolute Gasteiger partial charge is 0.492 e. The molecule has 1 N–H and O–H groups in total. The van der Waals surface area contributed by atoms with Crippen LogP contribution in [-0.4, -0.2) is 47.7 Å². The summed E-state index contributed by atoms with van der Waals surface area (Å²) in [5.74, 6) is 1.97. The second-order valence-corrected chi connectivity index (χ2v) is 5.81. The van der Waals surface area contributed by atoms with Gasteiger partial charge in [-0.15, -0.1) is 0 Å². The minimum Gasteiger partial charge on any atom is -0.492 e. The zero-order valence-corrected chi connectivity index (χ0v) is 13.8. The summed E-state index contributed by atoms with van der Waals surface area (Å²) in [6, 6.07) is 10.3. The van der Waals surface area contributed by atoms with E-state index < -0.39 is 0 Å². The topological polar surface area (TPSA) is 57.3 Å². The van der Waals surface area contributed by atoms with Crippen LogP contribution in [0.4, 0.5) is 11.5 Å². The molecule has 0 spiro atoms. The van der Waals surface area contributed by atoms with Gasteiger partial charge in [-0.05, 0) is 25.1 Å². The maximum absolute atomic E-state index is 5.77. The molecule has 4 rings (SSSR count). The number of benzene rings is 1. The molecule has 0 aliphatic carbocycles. The minimum atomic E-state index is 0.684. The standard InChI is InChI=1S/C18H21N5O/c1-2-24-16-6-4-3-5-15(16)22-9-11-23(12-10-22)18-14-7-8-19-17(14)20-13-21-18/h3-8,13H,2,9-12H2,1H3,(H,19,20,21). The van der Waals surface area contributed by atoms with Gasteiger partial charge in [-0.1, -0.05) is 12.1 Å². The Morgan fingerprint density at radius 3 is 2.67 bits per heavy atom. The molecular formula is C18H21N5O. The van der Waals surface area contributed by atoms with Gasteiger partial charge < -0.3 is 19.5 Å². The van der Waals surface area contributed by atoms with E-state index in [-0.39, 0.29) is 0 Å². The van der Waals surface area contributed by atoms with E-state index in [1.165, 1.54) is 5.69 Å². The Kier molecular flexibility index (Phi) is 3.94. The average Bonchev–Trinajstić information content (AvgIpc) is 3.11. The fourth-order valence-electron chi connectivity index (χ4n) is 3.27. The molecule has 124 valence electrons. The van der Waals surface area contributed by atoms with Gasteiger partial charge >= 0.3 is 0 Å². The lowest BCUT2D eigenvalue weighted by Crippen LogP contribution is -2.47. The fourth-order valence-corrected chi connectivity index (χ4v) is 3.27. The molecule has 0 saturated carbocycles. The molecule has 2 aromatic heterocycles. The molecule has 6 nitrogen and oxygen atoms in total. The van der Waals surface area contributed by atoms with Gasteiger partial charge in [-0.3, -0.25) is 0 Å². The van der Waals surface area contributed by atoms with Crippen LogP contribution < -0.4 is 14.5 Å². The molecule has 3 heterocycles. The van der Waals surface area contributed by atoms with Gasteiger partial charge in [0, 0.05) is 32.4 Å². The van der Waals surface area contributed by atoms with Gasteiger partial charge in [0.1, 0.15) is 23.5 Å². The first-order valence-electron chi connectivity index (χ1n) is 8.36. The molecule has 1 aliphatic heterocycles. The number of piperazine rings is 1. The third-order valence-corrected chi connectivity index (χ3v) is 4.42. The monoisotopic (exact) mass is 323 g/mol. The average molecular weight is 323 g/mol. The van der Waals surface area contributed by atoms with Crippen molar-refractivity contribution in [2.75, 3.05) is 42.6 Å². The molecule has 1 fully saturated rings. The summed E-state index contributed by atoms with van der Waals surface area (Å²) in [6.45, 7) is 6.45. The summed E-state index contributed by atoms with van der Waals surface area (Å²) in [6.07, 6.45) is 3.54. The number of rotatable bonds is 4. The van der Waals surface area contributed by atoms with Crippen molar-refractivity contribution in [2.24, 2.45) is 0 Å². The highest BCUT2D eigenvalue weighted by atomic mass is 16.5. The minimum absolute atomic E-state index is 0.684. The van der Waals surface area contributed by atoms with E-state index in [1.54, 1.807) is 6.33 Å². The van der Waals surface area contributed by atoms with E-state index in [9.17, 15) is 0 Å². The lowest BCUT2D eigenvalue weighted by Gasteiger charge is -2.37. The predicted molar refractivity (Wildman–Crippen MR) is 95.9 cm³/mol. The maximum atomic E-state index is 5.77. The normalized spacial score (nSPS) is 15.0. The molecule has 3 aromatic rings. The quantitative estimate of drug-likeness (QED) is 0.800. The number of nitrogens with one attached hydrogen (secondary N) is 1. The van der Waals surface area contributed by atoms with Crippen LogP contribution in [0, 0.1) is 0 Å². The molecule has 24 heavy (non-hydrogen) atoms. The van der Waals surface area contributed by atoms with Gasteiger partial charge in [0.25, 0.3) is 0 Å². The Morgan fingerprint density at radius 2 is 1.83 bits per heavy atom. The van der Waals surface area contributed by atoms with Crippen molar-refractivity contribution in [3.63, 3.8) is 0 Å². The number of nitrogens with zero attached hydrogens (tertiary/aromatic N) is 4. The Hall–Kier alpha value is -2.76. The van der Waals surface area contributed by atoms with Crippen LogP contribution in [-0.2, 0) is 0 Å². The SMILES string of the molecule is CCOc1ccccc1N1CCN(c2ncnc3[nH]ccc23)CC1. The van der Waals surface area contributed by atoms with E-state index in [2.05, 4.69) is 36.9 Å². The number of hydrogen-bond acceptors (Lipinski definition) is 5. The van der Waals surface area contributed by atoms with Gasteiger partial charge in [0.05, 0.1) is 17.7 Å². The highest BCUT2D eigenvalue weighted by molar-refractivity contribution is 5.87. The lowest BCUT2D eigenvalue weighted by molar-refractivity contribution is 0.340. The van der Waals surface area contributed by atoms with Gasteiger partial charge in [-0.25, -0.2) is 9.97 Å². The summed E-state index contributed by atoms with van der Waals surface area (Å²) < 4.78 is 5.77. The molecule has 1 aromatic carbocycles. The van der Waals surface area contributed by atoms with Crippen LogP contribution in [0.25, 0.3) is 11.0 Å². The number of fused-ring (bicyclic) bond motifs is 1. The number of ether oxygens (including phenoxy) is 1. The van der Waals surface area contributed by atoms with Crippen LogP contribution in [0.3, 0.4) is 0 Å². The molecule has 0 unspecified atom stereocenters. The third-order valence-electron chi connectivity index (χ3n) is 4.42. The van der Waals surface area contributed by atoms with Gasteiger partial charge in [0.2, 0.25) is 0 Å². The van der Waals surface area contributed by atoms with Crippen LogP contribution >= 0.6 is 0 Å². The molecule has 0 amide bonds. The van der Waals surface area contributed by atoms with Crippen molar-refractivity contribution in [3.05, 3.63) is 42.9 Å². The molecule has 0 radical (unpaired) electrons. The van der Waals surface area contributed by atoms with Gasteiger partial charge in [-0.2, -0.15) is 0 Å². The predicted octanol–water partition coefficient (Wildman–Crippen LogP) is 2.68. The first kappa shape index (κ1) is 14.8. The second-order valence-electron chi connectivity index (χ2n) is 5.81. The Balaban J connectivity index is 1.52. The van der Waals surface area contributed by atoms with E-state index in [1.807, 2.05) is 31.3 Å². The number of anilines is 2. The Bertz CT molecular complexity index is 823. The molecular weight excluding hydrogens is 302 g/mol. The smallest absolute Gasteiger partial charge is 0.142 e. The highest BCUT2D eigenvalue weighted by Gasteiger charge is 2.22. The summed E-state index contributed by atoms with van der Waals surface area (Å²) >= 11 is 0. The van der Waals surface area contributed by atoms with Crippen LogP contribution in [0.2, 0.25) is 0 Å². The molecule has 1 saturated heterocycles. The van der Waals surface area contributed by atoms with Crippen molar-refractivity contribution < 1.29 is 4.74 Å². The zero-order chi connectivity index (χ0) is 16.4. The third kappa shape index (κ3) is 2.64. The van der Waals surface area contributed by atoms with Crippen molar-refractivity contribution in [2.45, 2.75) is 6.92 Å². The Labute approximate surface area is 141 Å². The summed E-state index contributed by atoms with van der Waals surface area (Å²) in [4.78, 5) is 16.6. The maximum Gasteiger partial charge on any atom is 0.142 e. The summed E-state index contributed by atoms with van der Waals surface area (Å²) in [7, 11) is 0. The number of hydrogen-bond donors (Lipinski definition) is 1. The van der Waals surface area contributed by atoms with E-state index in [0.29, 0.717) is 6.61 Å². The van der Waals surface area contributed by atoms with Crippen LogP contribution in [0.5, 0.6) is 5.75 Å². The van der Waals surface area contributed by atoms with Gasteiger partial charge in [0.15, 0.2) is 0 Å². The molecule has 6 heteroatoms. The number of para-hydroxylation sites is 2. The van der Waals surface area contributed by atoms with Crippen molar-refractivity contribution >= 4 is 22.5 Å². The van der Waals surface area contributed by atoms with Crippen molar-refractivity contribution in [1.29, 1.82) is 0 Å². The zero-order valence-electron chi connectivity index (χ0n) is 13.8. The number of H-pyrrole nitrogens is 1. The molecule has 0 atom stereocenters. The van der Waals surface area contributed by atoms with E-state index >= 15 is 0 Å². The summed E-state index contributed by atoms with van der Waals surface area (Å²) in [5.41, 5.74) is 2.07. The van der Waals surface area contributed by atoms with E-state index in [4.69, 9.17) is 4.74 Å². The lowest BCUT2D eigenvalue weighted by atomic mass is 10.2. The van der Waals surface area contributed by atoms with E-state index in [0.717, 1.165) is 48.8 Å². The molecule has 0 bridgehead atoms. The van der Waals surface area contributed by atoms with Crippen LogP contribution in [0.1, 0.15) is 6.92 Å².